The first-order valence-corrected chi connectivity index (χ1v) is 6.06. The van der Waals surface area contributed by atoms with E-state index >= 15 is 0 Å². The quantitative estimate of drug-likeness (QED) is 0.383. The molecule has 0 aliphatic carbocycles. The molecule has 0 atom stereocenters. The summed E-state index contributed by atoms with van der Waals surface area (Å²) in [6.07, 6.45) is 0.501. The van der Waals surface area contributed by atoms with E-state index in [9.17, 15) is 4.79 Å². The average Bonchev–Trinajstić information content (AvgIpc) is 2.27. The highest BCUT2D eigenvalue weighted by atomic mass is 16.2. The Labute approximate surface area is 97.9 Å². The number of carbonyl (C=O) groups is 1. The van der Waals surface area contributed by atoms with Crippen LogP contribution in [0.4, 0.5) is 0 Å². The SMILES string of the molecule is CC(C)CN1CCN(CCC(=O)NN)CC1. The average molecular weight is 228 g/mol. The summed E-state index contributed by atoms with van der Waals surface area (Å²) in [5.74, 6) is 5.69. The van der Waals surface area contributed by atoms with Crippen LogP contribution in [0.15, 0.2) is 0 Å². The van der Waals surface area contributed by atoms with Crippen LogP contribution in [-0.4, -0.2) is 55.0 Å². The fourth-order valence-corrected chi connectivity index (χ4v) is 2.04. The van der Waals surface area contributed by atoms with Gasteiger partial charge in [0.15, 0.2) is 0 Å². The summed E-state index contributed by atoms with van der Waals surface area (Å²) in [7, 11) is 0. The Balaban J connectivity index is 2.14. The Morgan fingerprint density at radius 2 is 1.81 bits per heavy atom. The van der Waals surface area contributed by atoms with Gasteiger partial charge in [0, 0.05) is 45.7 Å². The van der Waals surface area contributed by atoms with Crippen LogP contribution in [0, 0.1) is 5.92 Å². The predicted octanol–water partition coefficient (Wildman–Crippen LogP) is -0.360. The molecule has 0 aromatic carbocycles. The Morgan fingerprint density at radius 3 is 2.31 bits per heavy atom. The van der Waals surface area contributed by atoms with E-state index in [-0.39, 0.29) is 5.91 Å². The number of hydrogen-bond acceptors (Lipinski definition) is 4. The van der Waals surface area contributed by atoms with E-state index in [1.165, 1.54) is 6.54 Å². The number of hydrazine groups is 1. The molecule has 5 heteroatoms. The van der Waals surface area contributed by atoms with Crippen molar-refractivity contribution in [2.24, 2.45) is 11.8 Å². The summed E-state index contributed by atoms with van der Waals surface area (Å²) >= 11 is 0. The summed E-state index contributed by atoms with van der Waals surface area (Å²) in [5, 5.41) is 0. The van der Waals surface area contributed by atoms with Crippen LogP contribution >= 0.6 is 0 Å². The van der Waals surface area contributed by atoms with Gasteiger partial charge in [0.05, 0.1) is 0 Å². The molecule has 0 aromatic heterocycles. The van der Waals surface area contributed by atoms with Crippen molar-refractivity contribution in [3.8, 4) is 0 Å². The van der Waals surface area contributed by atoms with Crippen molar-refractivity contribution < 1.29 is 4.79 Å². The highest BCUT2D eigenvalue weighted by Gasteiger charge is 2.17. The first-order chi connectivity index (χ1) is 7.61. The molecule has 0 spiro atoms. The molecule has 1 amide bonds. The van der Waals surface area contributed by atoms with Gasteiger partial charge in [-0.25, -0.2) is 5.84 Å². The third kappa shape index (κ3) is 4.92. The minimum absolute atomic E-state index is 0.0791. The zero-order valence-corrected chi connectivity index (χ0v) is 10.4. The molecule has 0 aromatic rings. The highest BCUT2D eigenvalue weighted by Crippen LogP contribution is 2.05. The molecule has 1 saturated heterocycles. The fourth-order valence-electron chi connectivity index (χ4n) is 2.04. The van der Waals surface area contributed by atoms with Crippen LogP contribution in [0.2, 0.25) is 0 Å². The Morgan fingerprint density at radius 1 is 1.25 bits per heavy atom. The maximum atomic E-state index is 11.0. The van der Waals surface area contributed by atoms with E-state index in [1.807, 2.05) is 0 Å². The lowest BCUT2D eigenvalue weighted by Crippen LogP contribution is -2.48. The molecule has 1 heterocycles. The maximum absolute atomic E-state index is 11.0. The van der Waals surface area contributed by atoms with E-state index in [0.29, 0.717) is 6.42 Å². The molecular formula is C11H24N4O. The summed E-state index contributed by atoms with van der Waals surface area (Å²) in [6, 6.07) is 0. The van der Waals surface area contributed by atoms with Gasteiger partial charge in [-0.05, 0) is 5.92 Å². The second-order valence-electron chi connectivity index (χ2n) is 4.85. The number of rotatable bonds is 5. The Hall–Kier alpha value is -0.650. The second-order valence-corrected chi connectivity index (χ2v) is 4.85. The van der Waals surface area contributed by atoms with E-state index in [0.717, 1.165) is 38.6 Å². The number of nitrogens with two attached hydrogens (primary N) is 1. The fraction of sp³-hybridized carbons (Fsp3) is 0.909. The van der Waals surface area contributed by atoms with Gasteiger partial charge in [0.25, 0.3) is 0 Å². The molecule has 5 nitrogen and oxygen atoms in total. The van der Waals surface area contributed by atoms with Crippen LogP contribution in [-0.2, 0) is 4.79 Å². The van der Waals surface area contributed by atoms with Crippen LogP contribution in [0.1, 0.15) is 20.3 Å². The van der Waals surface area contributed by atoms with E-state index in [2.05, 4.69) is 29.1 Å². The molecule has 16 heavy (non-hydrogen) atoms. The molecular weight excluding hydrogens is 204 g/mol. The summed E-state index contributed by atoms with van der Waals surface area (Å²) in [5.41, 5.74) is 2.16. The number of nitrogens with zero attached hydrogens (tertiary/aromatic N) is 2. The Kier molecular flexibility index (Phi) is 5.73. The molecule has 1 aliphatic rings. The summed E-state index contributed by atoms with van der Waals surface area (Å²) in [4.78, 5) is 15.8. The maximum Gasteiger partial charge on any atom is 0.235 e. The molecule has 0 unspecified atom stereocenters. The molecule has 3 N–H and O–H groups in total. The normalized spacial score (nSPS) is 19.0. The third-order valence-corrected chi connectivity index (χ3v) is 2.90. The van der Waals surface area contributed by atoms with Crippen molar-refractivity contribution in [3.63, 3.8) is 0 Å². The van der Waals surface area contributed by atoms with Crippen LogP contribution < -0.4 is 11.3 Å². The van der Waals surface area contributed by atoms with Crippen molar-refractivity contribution in [3.05, 3.63) is 0 Å². The number of amides is 1. The Bertz CT molecular complexity index is 212. The summed E-state index contributed by atoms with van der Waals surface area (Å²) < 4.78 is 0. The molecule has 1 rings (SSSR count). The highest BCUT2D eigenvalue weighted by molar-refractivity contribution is 5.75. The third-order valence-electron chi connectivity index (χ3n) is 2.90. The lowest BCUT2D eigenvalue weighted by molar-refractivity contribution is -0.121. The van der Waals surface area contributed by atoms with E-state index in [4.69, 9.17) is 5.84 Å². The first-order valence-electron chi connectivity index (χ1n) is 6.06. The lowest BCUT2D eigenvalue weighted by atomic mass is 10.2. The summed E-state index contributed by atoms with van der Waals surface area (Å²) in [6.45, 7) is 10.8. The van der Waals surface area contributed by atoms with Crippen molar-refractivity contribution >= 4 is 5.91 Å². The van der Waals surface area contributed by atoms with Gasteiger partial charge in [0.2, 0.25) is 5.91 Å². The van der Waals surface area contributed by atoms with Gasteiger partial charge in [-0.3, -0.25) is 10.2 Å². The van der Waals surface area contributed by atoms with Gasteiger partial charge in [-0.2, -0.15) is 0 Å². The second kappa shape index (κ2) is 6.83. The van der Waals surface area contributed by atoms with Gasteiger partial charge in [0.1, 0.15) is 0 Å². The van der Waals surface area contributed by atoms with E-state index in [1.54, 1.807) is 0 Å². The van der Waals surface area contributed by atoms with Crippen molar-refractivity contribution in [1.82, 2.24) is 15.2 Å². The number of hydrogen-bond donors (Lipinski definition) is 2. The standard InChI is InChI=1S/C11H24N4O/c1-10(2)9-15-7-5-14(6-8-15)4-3-11(16)13-12/h10H,3-9,12H2,1-2H3,(H,13,16). The molecule has 0 bridgehead atoms. The van der Waals surface area contributed by atoms with Crippen molar-refractivity contribution in [2.75, 3.05) is 39.3 Å². The van der Waals surface area contributed by atoms with E-state index < -0.39 is 0 Å². The first kappa shape index (κ1) is 13.4. The van der Waals surface area contributed by atoms with Crippen molar-refractivity contribution in [1.29, 1.82) is 0 Å². The van der Waals surface area contributed by atoms with Crippen LogP contribution in [0.3, 0.4) is 0 Å². The van der Waals surface area contributed by atoms with Crippen LogP contribution in [0.25, 0.3) is 0 Å². The molecule has 94 valence electrons. The zero-order valence-electron chi connectivity index (χ0n) is 10.4. The van der Waals surface area contributed by atoms with Crippen LogP contribution in [0.5, 0.6) is 0 Å². The van der Waals surface area contributed by atoms with Gasteiger partial charge < -0.3 is 9.80 Å². The topological polar surface area (TPSA) is 61.6 Å². The monoisotopic (exact) mass is 228 g/mol. The number of carbonyl (C=O) groups excluding carboxylic acids is 1. The molecule has 0 radical (unpaired) electrons. The minimum Gasteiger partial charge on any atom is -0.301 e. The lowest BCUT2D eigenvalue weighted by Gasteiger charge is -2.35. The predicted molar refractivity (Wildman–Crippen MR) is 64.7 cm³/mol. The van der Waals surface area contributed by atoms with Gasteiger partial charge in [-0.15, -0.1) is 0 Å². The molecule has 0 saturated carbocycles. The molecule has 1 aliphatic heterocycles. The minimum atomic E-state index is -0.0791. The number of nitrogens with one attached hydrogen (secondary N) is 1. The van der Waals surface area contributed by atoms with Crippen molar-refractivity contribution in [2.45, 2.75) is 20.3 Å². The van der Waals surface area contributed by atoms with Gasteiger partial charge in [-0.1, -0.05) is 13.8 Å². The molecule has 1 fully saturated rings. The van der Waals surface area contributed by atoms with Gasteiger partial charge >= 0.3 is 0 Å². The zero-order chi connectivity index (χ0) is 12.0. The largest absolute Gasteiger partial charge is 0.301 e. The number of piperazine rings is 1. The smallest absolute Gasteiger partial charge is 0.235 e.